The number of ether oxygens (including phenoxy) is 1. The van der Waals surface area contributed by atoms with Crippen LogP contribution in [0.25, 0.3) is 6.08 Å². The topological polar surface area (TPSA) is 59.0 Å². The summed E-state index contributed by atoms with van der Waals surface area (Å²) in [5, 5.41) is 0.637. The monoisotopic (exact) mass is 380 g/mol. The summed E-state index contributed by atoms with van der Waals surface area (Å²) < 4.78 is 4.98. The Morgan fingerprint density at radius 3 is 2.44 bits per heavy atom. The first-order chi connectivity index (χ1) is 13.0. The second-order valence-corrected chi connectivity index (χ2v) is 7.06. The minimum absolute atomic E-state index is 0.0969. The lowest BCUT2D eigenvalue weighted by Crippen LogP contribution is -2.23. The maximum absolute atomic E-state index is 12.5. The van der Waals surface area contributed by atoms with Gasteiger partial charge in [0.1, 0.15) is 0 Å². The van der Waals surface area contributed by atoms with E-state index in [4.69, 9.17) is 4.74 Å². The second kappa shape index (κ2) is 8.22. The molecule has 0 saturated carbocycles. The molecule has 0 unspecified atom stereocenters. The van der Waals surface area contributed by atoms with Crippen LogP contribution in [-0.2, 0) is 9.53 Å². The van der Waals surface area contributed by atoms with Crippen molar-refractivity contribution >= 4 is 40.6 Å². The van der Waals surface area contributed by atoms with Crippen molar-refractivity contribution in [1.29, 1.82) is 0 Å². The quantitative estimate of drug-likeness (QED) is 0.582. The molecule has 0 aliphatic carbocycles. The summed E-state index contributed by atoms with van der Waals surface area (Å²) in [6, 6.07) is 14.8. The zero-order valence-electron chi connectivity index (χ0n) is 15.4. The fraction of sp³-hybridized carbons (Fsp3) is 0.190. The van der Waals surface area contributed by atoms with Gasteiger partial charge in [0.25, 0.3) is 5.91 Å². The SMILES string of the molecule is CCOC(=O)c1ccc(/C=C2/SC(=Nc3ccc(C)cc3)N(C)C2=O)cc1. The van der Waals surface area contributed by atoms with E-state index in [1.165, 1.54) is 11.8 Å². The summed E-state index contributed by atoms with van der Waals surface area (Å²) in [5.74, 6) is -0.449. The molecule has 5 nitrogen and oxygen atoms in total. The van der Waals surface area contributed by atoms with Gasteiger partial charge >= 0.3 is 5.97 Å². The van der Waals surface area contributed by atoms with Gasteiger partial charge in [0.05, 0.1) is 22.8 Å². The Labute approximate surface area is 162 Å². The highest BCUT2D eigenvalue weighted by Crippen LogP contribution is 2.33. The third-order valence-electron chi connectivity index (χ3n) is 3.98. The number of hydrogen-bond donors (Lipinski definition) is 0. The molecule has 0 radical (unpaired) electrons. The van der Waals surface area contributed by atoms with E-state index in [-0.39, 0.29) is 11.9 Å². The molecule has 0 aromatic heterocycles. The highest BCUT2D eigenvalue weighted by Gasteiger charge is 2.30. The Hall–Kier alpha value is -2.86. The number of aliphatic imine (C=N–C) groups is 1. The van der Waals surface area contributed by atoms with Crippen LogP contribution in [0.5, 0.6) is 0 Å². The van der Waals surface area contributed by atoms with E-state index in [0.29, 0.717) is 22.2 Å². The molecule has 0 spiro atoms. The number of amides is 1. The lowest BCUT2D eigenvalue weighted by atomic mass is 10.1. The van der Waals surface area contributed by atoms with Crippen LogP contribution in [0, 0.1) is 6.92 Å². The number of carbonyl (C=O) groups is 2. The zero-order valence-corrected chi connectivity index (χ0v) is 16.2. The maximum Gasteiger partial charge on any atom is 0.338 e. The van der Waals surface area contributed by atoms with Crippen molar-refractivity contribution in [1.82, 2.24) is 4.90 Å². The van der Waals surface area contributed by atoms with Gasteiger partial charge in [0, 0.05) is 7.05 Å². The first-order valence-electron chi connectivity index (χ1n) is 8.58. The van der Waals surface area contributed by atoms with Gasteiger partial charge in [-0.1, -0.05) is 29.8 Å². The number of nitrogens with zero attached hydrogens (tertiary/aromatic N) is 2. The van der Waals surface area contributed by atoms with Gasteiger partial charge < -0.3 is 4.74 Å². The van der Waals surface area contributed by atoms with Crippen molar-refractivity contribution in [2.24, 2.45) is 4.99 Å². The van der Waals surface area contributed by atoms with Crippen molar-refractivity contribution in [2.75, 3.05) is 13.7 Å². The van der Waals surface area contributed by atoms with Gasteiger partial charge in [-0.3, -0.25) is 9.69 Å². The Kier molecular flexibility index (Phi) is 5.76. The van der Waals surface area contributed by atoms with Gasteiger partial charge in [0.15, 0.2) is 5.17 Å². The maximum atomic E-state index is 12.5. The average Bonchev–Trinajstić information content (AvgIpc) is 2.92. The molecule has 1 aliphatic rings. The smallest absolute Gasteiger partial charge is 0.338 e. The number of hydrogen-bond acceptors (Lipinski definition) is 5. The van der Waals surface area contributed by atoms with Gasteiger partial charge in [-0.05, 0) is 61.5 Å². The Balaban J connectivity index is 1.80. The zero-order chi connectivity index (χ0) is 19.4. The summed E-state index contributed by atoms with van der Waals surface area (Å²) in [6.45, 7) is 4.13. The van der Waals surface area contributed by atoms with Gasteiger partial charge in [-0.15, -0.1) is 0 Å². The predicted octanol–water partition coefficient (Wildman–Crippen LogP) is 4.41. The lowest BCUT2D eigenvalue weighted by Gasteiger charge is -2.07. The summed E-state index contributed by atoms with van der Waals surface area (Å²) in [7, 11) is 1.72. The van der Waals surface area contributed by atoms with E-state index in [1.54, 1.807) is 49.2 Å². The molecule has 0 bridgehead atoms. The Bertz CT molecular complexity index is 915. The number of amidine groups is 1. The van der Waals surface area contributed by atoms with Crippen LogP contribution >= 0.6 is 11.8 Å². The van der Waals surface area contributed by atoms with Crippen LogP contribution < -0.4 is 0 Å². The van der Waals surface area contributed by atoms with Crippen LogP contribution in [0.1, 0.15) is 28.4 Å². The van der Waals surface area contributed by atoms with Crippen molar-refractivity contribution in [2.45, 2.75) is 13.8 Å². The molecule has 2 aromatic carbocycles. The van der Waals surface area contributed by atoms with Crippen LogP contribution in [0.3, 0.4) is 0 Å². The molecule has 6 heteroatoms. The summed E-state index contributed by atoms with van der Waals surface area (Å²) in [6.07, 6.45) is 1.80. The first-order valence-corrected chi connectivity index (χ1v) is 9.39. The summed E-state index contributed by atoms with van der Waals surface area (Å²) in [4.78, 5) is 30.9. The molecule has 1 heterocycles. The number of aryl methyl sites for hydroxylation is 1. The van der Waals surface area contributed by atoms with Crippen LogP contribution in [0.2, 0.25) is 0 Å². The Morgan fingerprint density at radius 2 is 1.81 bits per heavy atom. The molecular weight excluding hydrogens is 360 g/mol. The van der Waals surface area contributed by atoms with Crippen molar-refractivity contribution in [3.8, 4) is 0 Å². The summed E-state index contributed by atoms with van der Waals surface area (Å²) >= 11 is 1.34. The van der Waals surface area contributed by atoms with Gasteiger partial charge in [-0.2, -0.15) is 0 Å². The van der Waals surface area contributed by atoms with Crippen molar-refractivity contribution < 1.29 is 14.3 Å². The van der Waals surface area contributed by atoms with E-state index < -0.39 is 0 Å². The number of benzene rings is 2. The van der Waals surface area contributed by atoms with Crippen LogP contribution in [-0.4, -0.2) is 35.6 Å². The van der Waals surface area contributed by atoms with E-state index >= 15 is 0 Å². The molecule has 0 N–H and O–H groups in total. The standard InChI is InChI=1S/C21H20N2O3S/c1-4-26-20(25)16-9-7-15(8-10-16)13-18-19(24)23(3)21(27-18)22-17-11-5-14(2)6-12-17/h5-13H,4H2,1-3H3/b18-13+,22-21?. The molecule has 0 atom stereocenters. The number of carbonyl (C=O) groups excluding carboxylic acids is 2. The van der Waals surface area contributed by atoms with E-state index in [2.05, 4.69) is 4.99 Å². The van der Waals surface area contributed by atoms with Gasteiger partial charge in [0.2, 0.25) is 0 Å². The number of esters is 1. The van der Waals surface area contributed by atoms with Gasteiger partial charge in [-0.25, -0.2) is 9.79 Å². The minimum atomic E-state index is -0.352. The fourth-order valence-electron chi connectivity index (χ4n) is 2.46. The second-order valence-electron chi connectivity index (χ2n) is 6.05. The summed E-state index contributed by atoms with van der Waals surface area (Å²) in [5.41, 5.74) is 3.30. The third kappa shape index (κ3) is 4.46. The first kappa shape index (κ1) is 18.9. The number of likely N-dealkylation sites (N-methyl/N-ethyl adjacent to an activating group) is 1. The third-order valence-corrected chi connectivity index (χ3v) is 5.04. The predicted molar refractivity (Wildman–Crippen MR) is 109 cm³/mol. The van der Waals surface area contributed by atoms with E-state index in [9.17, 15) is 9.59 Å². The van der Waals surface area contributed by atoms with Crippen molar-refractivity contribution in [3.05, 3.63) is 70.1 Å². The molecule has 1 fully saturated rings. The largest absolute Gasteiger partial charge is 0.462 e. The molecular formula is C21H20N2O3S. The molecule has 1 aliphatic heterocycles. The van der Waals surface area contributed by atoms with E-state index in [1.807, 2.05) is 31.2 Å². The number of thioether (sulfide) groups is 1. The molecule has 1 saturated heterocycles. The highest BCUT2D eigenvalue weighted by atomic mass is 32.2. The molecule has 27 heavy (non-hydrogen) atoms. The normalized spacial score (nSPS) is 17.0. The lowest BCUT2D eigenvalue weighted by molar-refractivity contribution is -0.121. The molecule has 3 rings (SSSR count). The Morgan fingerprint density at radius 1 is 1.15 bits per heavy atom. The molecule has 1 amide bonds. The average molecular weight is 380 g/mol. The molecule has 2 aromatic rings. The van der Waals surface area contributed by atoms with Crippen LogP contribution in [0.15, 0.2) is 58.4 Å². The fourth-order valence-corrected chi connectivity index (χ4v) is 3.45. The van der Waals surface area contributed by atoms with E-state index in [0.717, 1.165) is 16.8 Å². The van der Waals surface area contributed by atoms with Crippen molar-refractivity contribution in [3.63, 3.8) is 0 Å². The number of rotatable bonds is 4. The highest BCUT2D eigenvalue weighted by molar-refractivity contribution is 8.18. The molecule has 138 valence electrons. The van der Waals surface area contributed by atoms with Crippen LogP contribution in [0.4, 0.5) is 5.69 Å². The minimum Gasteiger partial charge on any atom is -0.462 e.